The average molecular weight is 476 g/mol. The predicted octanol–water partition coefficient (Wildman–Crippen LogP) is 6.06. The Bertz CT molecular complexity index is 908. The van der Waals surface area contributed by atoms with Gasteiger partial charge >= 0.3 is 5.97 Å². The normalized spacial score (nSPS) is 19.2. The number of hydrogen-bond donors (Lipinski definition) is 2. The van der Waals surface area contributed by atoms with Gasteiger partial charge in [0.05, 0.1) is 10.6 Å². The zero-order valence-electron chi connectivity index (χ0n) is 19.0. The van der Waals surface area contributed by atoms with Gasteiger partial charge in [-0.25, -0.2) is 4.79 Å². The molecule has 0 aliphatic carbocycles. The van der Waals surface area contributed by atoms with Crippen molar-refractivity contribution in [3.63, 3.8) is 0 Å². The first-order valence-electron chi connectivity index (χ1n) is 11.1. The van der Waals surface area contributed by atoms with Crippen LogP contribution in [0.1, 0.15) is 39.5 Å². The molecule has 0 radical (unpaired) electrons. The first kappa shape index (κ1) is 24.8. The van der Waals surface area contributed by atoms with Gasteiger partial charge in [0.1, 0.15) is 12.4 Å². The lowest BCUT2D eigenvalue weighted by Crippen LogP contribution is -2.36. The number of nitrogens with zero attached hydrogens (tertiary/aromatic N) is 1. The third-order valence-corrected chi connectivity index (χ3v) is 8.28. The van der Waals surface area contributed by atoms with Gasteiger partial charge in [0, 0.05) is 22.9 Å². The summed E-state index contributed by atoms with van der Waals surface area (Å²) in [5.74, 6) is 0.365. The molecular weight excluding hydrogens is 442 g/mol. The number of carbonyl (C=O) groups is 1. The number of hydrogen-bond acceptors (Lipinski definition) is 6. The van der Waals surface area contributed by atoms with Crippen molar-refractivity contribution in [2.24, 2.45) is 5.41 Å². The third kappa shape index (κ3) is 5.74. The van der Waals surface area contributed by atoms with Gasteiger partial charge < -0.3 is 19.8 Å². The van der Waals surface area contributed by atoms with Crippen LogP contribution >= 0.6 is 23.5 Å². The van der Waals surface area contributed by atoms with Crippen LogP contribution in [-0.4, -0.2) is 47.4 Å². The molecular formula is C25H33NO4S2. The molecule has 2 N–H and O–H groups in total. The van der Waals surface area contributed by atoms with Crippen molar-refractivity contribution in [1.82, 2.24) is 0 Å². The minimum Gasteiger partial charge on any atom is -0.489 e. The molecule has 2 unspecified atom stereocenters. The summed E-state index contributed by atoms with van der Waals surface area (Å²) in [6, 6.07) is 14.7. The minimum absolute atomic E-state index is 0.204. The van der Waals surface area contributed by atoms with E-state index in [2.05, 4.69) is 49.1 Å². The highest BCUT2D eigenvalue weighted by atomic mass is 32.2. The fourth-order valence-corrected chi connectivity index (χ4v) is 5.96. The summed E-state index contributed by atoms with van der Waals surface area (Å²) >= 11 is 3.42. The number of rotatable bonds is 10. The van der Waals surface area contributed by atoms with Crippen LogP contribution in [-0.2, 0) is 4.79 Å². The van der Waals surface area contributed by atoms with Crippen LogP contribution < -0.4 is 9.64 Å². The number of carboxylic acid groups (broad SMARTS) is 1. The standard InChI is InChI=1S/C25H33NO4S2/c1-4-6-12-25(5-2)16-26(18-10-8-7-9-11-18)19-13-23(31-3)21(14-22(19)32-17-25)30-15-20(27)24(28)29/h7-11,13-14,20,27H,4-6,12,15-17H2,1-3H3,(H,28,29). The molecule has 3 rings (SSSR count). The zero-order valence-corrected chi connectivity index (χ0v) is 20.7. The van der Waals surface area contributed by atoms with Crippen molar-refractivity contribution < 1.29 is 19.7 Å². The third-order valence-electron chi connectivity index (χ3n) is 6.12. The molecule has 5 nitrogen and oxygen atoms in total. The lowest BCUT2D eigenvalue weighted by Gasteiger charge is -2.37. The molecule has 32 heavy (non-hydrogen) atoms. The number of carboxylic acids is 1. The molecule has 0 bridgehead atoms. The molecule has 1 aliphatic heterocycles. The van der Waals surface area contributed by atoms with E-state index in [0.717, 1.165) is 34.2 Å². The Labute approximate surface area is 199 Å². The summed E-state index contributed by atoms with van der Waals surface area (Å²) in [7, 11) is 0. The van der Waals surface area contributed by atoms with Crippen molar-refractivity contribution in [3.8, 4) is 5.75 Å². The molecule has 174 valence electrons. The van der Waals surface area contributed by atoms with Crippen LogP contribution in [0.25, 0.3) is 0 Å². The fourth-order valence-electron chi connectivity index (χ4n) is 4.00. The highest BCUT2D eigenvalue weighted by Crippen LogP contribution is 2.49. The van der Waals surface area contributed by atoms with Gasteiger partial charge in [-0.3, -0.25) is 0 Å². The van der Waals surface area contributed by atoms with Crippen molar-refractivity contribution in [1.29, 1.82) is 0 Å². The molecule has 0 aromatic heterocycles. The van der Waals surface area contributed by atoms with E-state index in [-0.39, 0.29) is 12.0 Å². The quantitative estimate of drug-likeness (QED) is 0.405. The van der Waals surface area contributed by atoms with Gasteiger partial charge in [-0.2, -0.15) is 0 Å². The van der Waals surface area contributed by atoms with E-state index < -0.39 is 12.1 Å². The average Bonchev–Trinajstić information content (AvgIpc) is 2.98. The van der Waals surface area contributed by atoms with Crippen molar-refractivity contribution in [3.05, 3.63) is 42.5 Å². The van der Waals surface area contributed by atoms with E-state index in [9.17, 15) is 9.90 Å². The molecule has 7 heteroatoms. The van der Waals surface area contributed by atoms with E-state index in [4.69, 9.17) is 9.84 Å². The second-order valence-electron chi connectivity index (χ2n) is 8.30. The number of thioether (sulfide) groups is 2. The molecule has 2 atom stereocenters. The highest BCUT2D eigenvalue weighted by Gasteiger charge is 2.35. The Morgan fingerprint density at radius 1 is 1.28 bits per heavy atom. The molecule has 0 spiro atoms. The molecule has 1 heterocycles. The second kappa shape index (κ2) is 11.3. The molecule has 2 aromatic rings. The molecule has 0 amide bonds. The Morgan fingerprint density at radius 2 is 2.03 bits per heavy atom. The lowest BCUT2D eigenvalue weighted by molar-refractivity contribution is -0.148. The maximum atomic E-state index is 11.0. The zero-order chi connectivity index (χ0) is 23.1. The fraction of sp³-hybridized carbons (Fsp3) is 0.480. The monoisotopic (exact) mass is 475 g/mol. The molecule has 0 saturated carbocycles. The number of fused-ring (bicyclic) bond motifs is 1. The predicted molar refractivity (Wildman–Crippen MR) is 134 cm³/mol. The van der Waals surface area contributed by atoms with Crippen LogP contribution in [0.2, 0.25) is 0 Å². The summed E-state index contributed by atoms with van der Waals surface area (Å²) in [6.45, 7) is 5.23. The first-order valence-corrected chi connectivity index (χ1v) is 13.3. The maximum Gasteiger partial charge on any atom is 0.336 e. The Kier molecular flexibility index (Phi) is 8.79. The number of ether oxygens (including phenoxy) is 1. The molecule has 2 aromatic carbocycles. The summed E-state index contributed by atoms with van der Waals surface area (Å²) in [6.07, 6.45) is 5.14. The Morgan fingerprint density at radius 3 is 2.66 bits per heavy atom. The molecule has 0 fully saturated rings. The lowest BCUT2D eigenvalue weighted by atomic mass is 9.81. The summed E-state index contributed by atoms with van der Waals surface area (Å²) in [5.41, 5.74) is 2.53. The van der Waals surface area contributed by atoms with E-state index in [1.165, 1.54) is 24.9 Å². The van der Waals surface area contributed by atoms with Crippen molar-refractivity contribution in [2.45, 2.75) is 55.4 Å². The summed E-state index contributed by atoms with van der Waals surface area (Å²) in [4.78, 5) is 15.5. The number of aliphatic carboxylic acids is 1. The Balaban J connectivity index is 2.03. The van der Waals surface area contributed by atoms with Crippen molar-refractivity contribution in [2.75, 3.05) is 30.1 Å². The van der Waals surface area contributed by atoms with E-state index in [1.807, 2.05) is 30.2 Å². The summed E-state index contributed by atoms with van der Waals surface area (Å²) < 4.78 is 5.76. The van der Waals surface area contributed by atoms with E-state index in [0.29, 0.717) is 5.75 Å². The highest BCUT2D eigenvalue weighted by molar-refractivity contribution is 7.99. The van der Waals surface area contributed by atoms with E-state index in [1.54, 1.807) is 11.8 Å². The van der Waals surface area contributed by atoms with Gasteiger partial charge in [0.15, 0.2) is 6.10 Å². The number of anilines is 2. The first-order chi connectivity index (χ1) is 15.4. The van der Waals surface area contributed by atoms with Gasteiger partial charge in [-0.05, 0) is 48.8 Å². The number of aliphatic hydroxyl groups is 1. The molecule has 1 aliphatic rings. The smallest absolute Gasteiger partial charge is 0.336 e. The topological polar surface area (TPSA) is 70.0 Å². The van der Waals surface area contributed by atoms with Gasteiger partial charge in [0.2, 0.25) is 0 Å². The van der Waals surface area contributed by atoms with Crippen molar-refractivity contribution >= 4 is 40.9 Å². The molecule has 0 saturated heterocycles. The summed E-state index contributed by atoms with van der Waals surface area (Å²) in [5, 5.41) is 18.6. The largest absolute Gasteiger partial charge is 0.489 e. The number of para-hydroxylation sites is 1. The van der Waals surface area contributed by atoms with Crippen LogP contribution in [0.15, 0.2) is 52.3 Å². The maximum absolute atomic E-state index is 11.0. The van der Waals surface area contributed by atoms with Gasteiger partial charge in [0.25, 0.3) is 0 Å². The van der Waals surface area contributed by atoms with Gasteiger partial charge in [-0.1, -0.05) is 44.9 Å². The van der Waals surface area contributed by atoms with Gasteiger partial charge in [-0.15, -0.1) is 23.5 Å². The van der Waals surface area contributed by atoms with E-state index >= 15 is 0 Å². The van der Waals surface area contributed by atoms with Crippen LogP contribution in [0, 0.1) is 5.41 Å². The second-order valence-corrected chi connectivity index (χ2v) is 10.2. The van der Waals surface area contributed by atoms with Crippen LogP contribution in [0.4, 0.5) is 11.4 Å². The number of unbranched alkanes of at least 4 members (excludes halogenated alkanes) is 1. The van der Waals surface area contributed by atoms with Crippen LogP contribution in [0.3, 0.4) is 0 Å². The number of benzene rings is 2. The minimum atomic E-state index is -1.54. The van der Waals surface area contributed by atoms with Crippen LogP contribution in [0.5, 0.6) is 5.75 Å². The number of aliphatic hydroxyl groups excluding tert-OH is 1. The SMILES string of the molecule is CCCCC1(CC)CSc2cc(OCC(O)C(=O)O)c(SC)cc2N(c2ccccc2)C1. The Hall–Kier alpha value is -1.83.